The summed E-state index contributed by atoms with van der Waals surface area (Å²) in [4.78, 5) is 23.7. The van der Waals surface area contributed by atoms with Gasteiger partial charge in [0.25, 0.3) is 0 Å². The molecule has 4 N–H and O–H groups in total. The van der Waals surface area contributed by atoms with Gasteiger partial charge in [-0.2, -0.15) is 0 Å². The molecule has 2 aliphatic rings. The second kappa shape index (κ2) is 12.2. The zero-order valence-corrected chi connectivity index (χ0v) is 16.2. The second-order valence-electron chi connectivity index (χ2n) is 6.95. The molecule has 0 amide bonds. The van der Waals surface area contributed by atoms with Crippen LogP contribution < -0.4 is 10.1 Å². The topological polar surface area (TPSA) is 138 Å². The Morgan fingerprint density at radius 2 is 2.03 bits per heavy atom. The van der Waals surface area contributed by atoms with Crippen LogP contribution in [-0.2, 0) is 14.3 Å². The van der Waals surface area contributed by atoms with Crippen LogP contribution >= 0.6 is 0 Å². The number of rotatable bonds is 7. The van der Waals surface area contributed by atoms with Gasteiger partial charge in [-0.05, 0) is 30.5 Å². The summed E-state index contributed by atoms with van der Waals surface area (Å²) < 4.78 is 11.3. The van der Waals surface area contributed by atoms with Crippen molar-refractivity contribution >= 4 is 18.0 Å². The van der Waals surface area contributed by atoms with Gasteiger partial charge in [0, 0.05) is 25.6 Å². The number of carbonyl (C=O) groups is 2. The molecule has 160 valence electrons. The van der Waals surface area contributed by atoms with Crippen molar-refractivity contribution in [3.05, 3.63) is 30.1 Å². The van der Waals surface area contributed by atoms with Gasteiger partial charge in [0.05, 0.1) is 25.8 Å². The molecule has 2 aliphatic heterocycles. The van der Waals surface area contributed by atoms with Crippen LogP contribution in [0.25, 0.3) is 6.08 Å². The SMILES string of the molecule is C(=C\[C@H]1CCNC1)/c1cncc(OC2CCOCC2)c1.O=C(O)CC(O)C(=O)O. The fourth-order valence-corrected chi connectivity index (χ4v) is 2.92. The van der Waals surface area contributed by atoms with Gasteiger partial charge in [0.15, 0.2) is 6.10 Å². The molecule has 0 saturated carbocycles. The minimum atomic E-state index is -1.79. The van der Waals surface area contributed by atoms with E-state index >= 15 is 0 Å². The smallest absolute Gasteiger partial charge is 0.333 e. The Bertz CT molecular complexity index is 683. The van der Waals surface area contributed by atoms with Gasteiger partial charge in [0.2, 0.25) is 0 Å². The summed E-state index contributed by atoms with van der Waals surface area (Å²) in [7, 11) is 0. The molecular formula is C20H28N2O7. The van der Waals surface area contributed by atoms with Crippen LogP contribution in [0.2, 0.25) is 0 Å². The van der Waals surface area contributed by atoms with Crippen LogP contribution in [0.4, 0.5) is 0 Å². The van der Waals surface area contributed by atoms with Gasteiger partial charge in [-0.25, -0.2) is 4.79 Å². The molecular weight excluding hydrogens is 380 g/mol. The summed E-state index contributed by atoms with van der Waals surface area (Å²) in [6, 6.07) is 2.07. The average molecular weight is 408 g/mol. The standard InChI is InChI=1S/C16H22N2O2.C4H6O5/c1(13-3-6-17-10-13)2-14-9-16(12-18-11-14)20-15-4-7-19-8-5-15;5-2(4(8)9)1-3(6)7/h1-2,9,11-13,15,17H,3-8,10H2;2,5H,1H2,(H,6,7)(H,8,9)/b2-1+;/t13-;/m0./s1. The number of hydrogen-bond acceptors (Lipinski definition) is 7. The summed E-state index contributed by atoms with van der Waals surface area (Å²) in [5.41, 5.74) is 1.11. The van der Waals surface area contributed by atoms with E-state index in [1.165, 1.54) is 6.42 Å². The van der Waals surface area contributed by atoms with Crippen LogP contribution in [0.1, 0.15) is 31.2 Å². The predicted octanol–water partition coefficient (Wildman–Crippen LogP) is 1.17. The first-order valence-corrected chi connectivity index (χ1v) is 9.65. The van der Waals surface area contributed by atoms with E-state index in [2.05, 4.69) is 28.5 Å². The lowest BCUT2D eigenvalue weighted by Crippen LogP contribution is -2.25. The van der Waals surface area contributed by atoms with E-state index in [0.29, 0.717) is 5.92 Å². The zero-order chi connectivity index (χ0) is 21.1. The van der Waals surface area contributed by atoms with Crippen molar-refractivity contribution in [2.45, 2.75) is 37.9 Å². The molecule has 1 aromatic rings. The summed E-state index contributed by atoms with van der Waals surface area (Å²) >= 11 is 0. The van der Waals surface area contributed by atoms with Gasteiger partial charge in [-0.3, -0.25) is 9.78 Å². The lowest BCUT2D eigenvalue weighted by Gasteiger charge is -2.23. The normalized spacial score (nSPS) is 20.7. The van der Waals surface area contributed by atoms with Crippen LogP contribution in [0.15, 0.2) is 24.5 Å². The molecule has 9 heteroatoms. The van der Waals surface area contributed by atoms with E-state index in [1.807, 2.05) is 6.20 Å². The summed E-state index contributed by atoms with van der Waals surface area (Å²) in [6.07, 6.45) is 8.99. The minimum Gasteiger partial charge on any atom is -0.489 e. The highest BCUT2D eigenvalue weighted by atomic mass is 16.5. The van der Waals surface area contributed by atoms with Crippen molar-refractivity contribution in [3.63, 3.8) is 0 Å². The largest absolute Gasteiger partial charge is 0.489 e. The number of nitrogens with zero attached hydrogens (tertiary/aromatic N) is 1. The van der Waals surface area contributed by atoms with Gasteiger partial charge < -0.3 is 30.1 Å². The first kappa shape index (κ1) is 22.8. The quantitative estimate of drug-likeness (QED) is 0.523. The lowest BCUT2D eigenvalue weighted by atomic mass is 10.1. The summed E-state index contributed by atoms with van der Waals surface area (Å²) in [5, 5.41) is 27.5. The Labute approximate surface area is 169 Å². The molecule has 1 aromatic heterocycles. The van der Waals surface area contributed by atoms with E-state index in [0.717, 1.165) is 50.5 Å². The highest BCUT2D eigenvalue weighted by molar-refractivity contribution is 5.79. The molecule has 0 aromatic carbocycles. The number of aliphatic carboxylic acids is 2. The number of aliphatic hydroxyl groups is 1. The van der Waals surface area contributed by atoms with Crippen LogP contribution in [-0.4, -0.2) is 70.8 Å². The first-order chi connectivity index (χ1) is 13.9. The average Bonchev–Trinajstić information content (AvgIpc) is 3.21. The van der Waals surface area contributed by atoms with Gasteiger partial charge in [-0.15, -0.1) is 0 Å². The van der Waals surface area contributed by atoms with Crippen molar-refractivity contribution in [3.8, 4) is 5.75 Å². The highest BCUT2D eigenvalue weighted by Gasteiger charge is 2.16. The molecule has 0 radical (unpaired) electrons. The summed E-state index contributed by atoms with van der Waals surface area (Å²) in [5.74, 6) is -1.33. The molecule has 9 nitrogen and oxygen atoms in total. The van der Waals surface area contributed by atoms with Gasteiger partial charge >= 0.3 is 11.9 Å². The van der Waals surface area contributed by atoms with Crippen LogP contribution in [0.5, 0.6) is 5.75 Å². The number of nitrogens with one attached hydrogen (secondary N) is 1. The van der Waals surface area contributed by atoms with Crippen molar-refractivity contribution in [1.82, 2.24) is 10.3 Å². The van der Waals surface area contributed by atoms with E-state index in [9.17, 15) is 9.59 Å². The van der Waals surface area contributed by atoms with E-state index in [4.69, 9.17) is 24.8 Å². The fourth-order valence-electron chi connectivity index (χ4n) is 2.92. The predicted molar refractivity (Wildman–Crippen MR) is 105 cm³/mol. The number of ether oxygens (including phenoxy) is 2. The molecule has 2 atom stereocenters. The number of carboxylic acid groups (broad SMARTS) is 2. The lowest BCUT2D eigenvalue weighted by molar-refractivity contribution is -0.152. The van der Waals surface area contributed by atoms with Crippen molar-refractivity contribution in [2.75, 3.05) is 26.3 Å². The first-order valence-electron chi connectivity index (χ1n) is 9.65. The number of carboxylic acids is 2. The Hall–Kier alpha value is -2.49. The molecule has 29 heavy (non-hydrogen) atoms. The summed E-state index contributed by atoms with van der Waals surface area (Å²) in [6.45, 7) is 3.81. The second-order valence-corrected chi connectivity index (χ2v) is 6.95. The zero-order valence-electron chi connectivity index (χ0n) is 16.2. The number of aromatic nitrogens is 1. The Kier molecular flexibility index (Phi) is 9.55. The monoisotopic (exact) mass is 408 g/mol. The minimum absolute atomic E-state index is 0.267. The Morgan fingerprint density at radius 3 is 2.62 bits per heavy atom. The van der Waals surface area contributed by atoms with Gasteiger partial charge in [-0.1, -0.05) is 12.2 Å². The maximum absolute atomic E-state index is 9.72. The molecule has 2 fully saturated rings. The van der Waals surface area contributed by atoms with Crippen molar-refractivity contribution in [1.29, 1.82) is 0 Å². The molecule has 0 spiro atoms. The molecule has 1 unspecified atom stereocenters. The highest BCUT2D eigenvalue weighted by Crippen LogP contribution is 2.19. The number of hydrogen-bond donors (Lipinski definition) is 4. The van der Waals surface area contributed by atoms with E-state index in [-0.39, 0.29) is 6.10 Å². The van der Waals surface area contributed by atoms with E-state index < -0.39 is 24.5 Å². The molecule has 0 bridgehead atoms. The maximum Gasteiger partial charge on any atom is 0.333 e. The van der Waals surface area contributed by atoms with Crippen LogP contribution in [0, 0.1) is 5.92 Å². The Balaban J connectivity index is 0.000000284. The van der Waals surface area contributed by atoms with Gasteiger partial charge in [0.1, 0.15) is 11.9 Å². The fraction of sp³-hybridized carbons (Fsp3) is 0.550. The molecule has 3 rings (SSSR count). The third-order valence-electron chi connectivity index (χ3n) is 4.52. The molecule has 0 aliphatic carbocycles. The molecule has 3 heterocycles. The number of aliphatic hydroxyl groups excluding tert-OH is 1. The molecule has 2 saturated heterocycles. The Morgan fingerprint density at radius 1 is 1.28 bits per heavy atom. The third-order valence-corrected chi connectivity index (χ3v) is 4.52. The maximum atomic E-state index is 9.72. The van der Waals surface area contributed by atoms with Crippen molar-refractivity contribution < 1.29 is 34.4 Å². The third kappa shape index (κ3) is 9.03. The van der Waals surface area contributed by atoms with E-state index in [1.54, 1.807) is 6.20 Å². The van der Waals surface area contributed by atoms with Crippen LogP contribution in [0.3, 0.4) is 0 Å². The number of pyridine rings is 1. The van der Waals surface area contributed by atoms with Crippen molar-refractivity contribution in [2.24, 2.45) is 5.92 Å².